The fraction of sp³-hybridized carbons (Fsp3) is 0.688. The largest absolute Gasteiger partial charge is 0.488 e. The topological polar surface area (TPSA) is 34.1 Å². The van der Waals surface area contributed by atoms with Crippen LogP contribution in [0, 0.1) is 5.41 Å². The molecule has 0 radical (unpaired) electrons. The molecule has 0 saturated heterocycles. The summed E-state index contributed by atoms with van der Waals surface area (Å²) >= 11 is 3.46. The summed E-state index contributed by atoms with van der Waals surface area (Å²) in [5, 5.41) is 3.72. The lowest BCUT2D eigenvalue weighted by Crippen LogP contribution is -2.63. The highest BCUT2D eigenvalue weighted by molar-refractivity contribution is 9.10. The van der Waals surface area contributed by atoms with Crippen LogP contribution in [0.2, 0.25) is 0 Å². The molecule has 3 nitrogen and oxygen atoms in total. The highest BCUT2D eigenvalue weighted by Gasteiger charge is 2.57. The summed E-state index contributed by atoms with van der Waals surface area (Å²) in [7, 11) is 0. The number of hydrogen-bond donors (Lipinski definition) is 1. The van der Waals surface area contributed by atoms with Gasteiger partial charge in [-0.05, 0) is 47.8 Å². The Hall–Kier alpha value is -0.610. The summed E-state index contributed by atoms with van der Waals surface area (Å²) in [4.78, 5) is 4.19. The minimum absolute atomic E-state index is 0.357. The molecule has 2 aliphatic rings. The molecule has 0 amide bonds. The number of halogens is 1. The van der Waals surface area contributed by atoms with Gasteiger partial charge in [-0.15, -0.1) is 0 Å². The molecule has 20 heavy (non-hydrogen) atoms. The number of nitrogens with one attached hydrogen (secondary N) is 1. The Morgan fingerprint density at radius 3 is 2.90 bits per heavy atom. The summed E-state index contributed by atoms with van der Waals surface area (Å²) in [6, 6.07) is 2.66. The number of aromatic nitrogens is 1. The molecule has 1 heterocycles. The van der Waals surface area contributed by atoms with E-state index < -0.39 is 0 Å². The first kappa shape index (κ1) is 14.3. The molecule has 2 atom stereocenters. The van der Waals surface area contributed by atoms with Crippen molar-refractivity contribution in [3.05, 3.63) is 22.9 Å². The Labute approximate surface area is 129 Å². The molecule has 4 heteroatoms. The second-order valence-corrected chi connectivity index (χ2v) is 7.04. The van der Waals surface area contributed by atoms with Crippen LogP contribution in [0.15, 0.2) is 22.9 Å². The zero-order chi connectivity index (χ0) is 14.0. The van der Waals surface area contributed by atoms with Crippen molar-refractivity contribution in [1.82, 2.24) is 10.3 Å². The minimum Gasteiger partial charge on any atom is -0.488 e. The van der Waals surface area contributed by atoms with E-state index in [2.05, 4.69) is 33.2 Å². The first-order valence-electron chi connectivity index (χ1n) is 7.75. The summed E-state index contributed by atoms with van der Waals surface area (Å²) in [5.74, 6) is 0.893. The monoisotopic (exact) mass is 338 g/mol. The van der Waals surface area contributed by atoms with E-state index in [0.29, 0.717) is 17.6 Å². The molecule has 0 aromatic carbocycles. The first-order valence-corrected chi connectivity index (χ1v) is 8.54. The Balaban J connectivity index is 1.68. The van der Waals surface area contributed by atoms with Crippen molar-refractivity contribution >= 4 is 15.9 Å². The molecule has 0 bridgehead atoms. The van der Waals surface area contributed by atoms with Crippen LogP contribution in [0.3, 0.4) is 0 Å². The van der Waals surface area contributed by atoms with Crippen molar-refractivity contribution in [3.8, 4) is 5.75 Å². The van der Waals surface area contributed by atoms with E-state index in [0.717, 1.165) is 23.2 Å². The van der Waals surface area contributed by atoms with Gasteiger partial charge in [0.15, 0.2) is 0 Å². The third-order valence-corrected chi connectivity index (χ3v) is 5.35. The lowest BCUT2D eigenvalue weighted by Gasteiger charge is -2.54. The fourth-order valence-corrected chi connectivity index (χ4v) is 4.19. The second kappa shape index (κ2) is 6.02. The van der Waals surface area contributed by atoms with Gasteiger partial charge in [0, 0.05) is 28.5 Å². The molecule has 1 spiro atoms. The molecule has 1 aromatic heterocycles. The van der Waals surface area contributed by atoms with Gasteiger partial charge in [0.2, 0.25) is 0 Å². The van der Waals surface area contributed by atoms with Crippen LogP contribution in [0.25, 0.3) is 0 Å². The lowest BCUT2D eigenvalue weighted by atomic mass is 9.60. The van der Waals surface area contributed by atoms with Crippen molar-refractivity contribution in [1.29, 1.82) is 0 Å². The third kappa shape index (κ3) is 2.60. The zero-order valence-electron chi connectivity index (χ0n) is 12.1. The van der Waals surface area contributed by atoms with Crippen molar-refractivity contribution in [2.75, 3.05) is 6.54 Å². The molecule has 2 aliphatic carbocycles. The maximum atomic E-state index is 6.25. The fourth-order valence-electron chi connectivity index (χ4n) is 3.84. The SMILES string of the molecule is CCCNC1CC(Oc2cncc(Br)c2)C12CCCC2. The smallest absolute Gasteiger partial charge is 0.139 e. The van der Waals surface area contributed by atoms with Gasteiger partial charge >= 0.3 is 0 Å². The van der Waals surface area contributed by atoms with E-state index in [4.69, 9.17) is 4.74 Å². The maximum absolute atomic E-state index is 6.25. The Kier molecular flexibility index (Phi) is 4.32. The van der Waals surface area contributed by atoms with Crippen LogP contribution >= 0.6 is 15.9 Å². The van der Waals surface area contributed by atoms with E-state index in [9.17, 15) is 0 Å². The molecule has 2 unspecified atom stereocenters. The number of ether oxygens (including phenoxy) is 1. The maximum Gasteiger partial charge on any atom is 0.139 e. The number of rotatable bonds is 5. The average molecular weight is 339 g/mol. The van der Waals surface area contributed by atoms with E-state index in [1.54, 1.807) is 6.20 Å². The summed E-state index contributed by atoms with van der Waals surface area (Å²) in [5.41, 5.74) is 0.373. The van der Waals surface area contributed by atoms with Gasteiger partial charge in [0.25, 0.3) is 0 Å². The number of pyridine rings is 1. The van der Waals surface area contributed by atoms with Crippen LogP contribution in [-0.4, -0.2) is 23.7 Å². The second-order valence-electron chi connectivity index (χ2n) is 6.13. The molecule has 1 aromatic rings. The molecule has 1 N–H and O–H groups in total. The lowest BCUT2D eigenvalue weighted by molar-refractivity contribution is -0.0761. The van der Waals surface area contributed by atoms with Gasteiger partial charge in [-0.2, -0.15) is 0 Å². The van der Waals surface area contributed by atoms with E-state index in [-0.39, 0.29) is 0 Å². The minimum atomic E-state index is 0.357. The molecule has 3 rings (SSSR count). The van der Waals surface area contributed by atoms with Gasteiger partial charge in [0.05, 0.1) is 6.20 Å². The van der Waals surface area contributed by atoms with Crippen molar-refractivity contribution in [2.45, 2.75) is 57.6 Å². The molecular formula is C16H23BrN2O. The third-order valence-electron chi connectivity index (χ3n) is 4.92. The normalized spacial score (nSPS) is 27.5. The van der Waals surface area contributed by atoms with Crippen molar-refractivity contribution in [3.63, 3.8) is 0 Å². The van der Waals surface area contributed by atoms with Crippen LogP contribution in [0.4, 0.5) is 0 Å². The van der Waals surface area contributed by atoms with Crippen LogP contribution in [-0.2, 0) is 0 Å². The highest BCUT2D eigenvalue weighted by atomic mass is 79.9. The molecule has 2 saturated carbocycles. The predicted octanol–water partition coefficient (Wildman–Crippen LogP) is 3.92. The van der Waals surface area contributed by atoms with Crippen molar-refractivity contribution in [2.24, 2.45) is 5.41 Å². The molecular weight excluding hydrogens is 316 g/mol. The predicted molar refractivity (Wildman–Crippen MR) is 84.0 cm³/mol. The Bertz CT molecular complexity index is 460. The van der Waals surface area contributed by atoms with Crippen molar-refractivity contribution < 1.29 is 4.74 Å². The van der Waals surface area contributed by atoms with Gasteiger partial charge in [0.1, 0.15) is 11.9 Å². The first-order chi connectivity index (χ1) is 9.74. The average Bonchev–Trinajstić information content (AvgIpc) is 2.94. The summed E-state index contributed by atoms with van der Waals surface area (Å²) in [6.07, 6.45) is 11.6. The zero-order valence-corrected chi connectivity index (χ0v) is 13.7. The molecule has 110 valence electrons. The van der Waals surface area contributed by atoms with Gasteiger partial charge < -0.3 is 10.1 Å². The summed E-state index contributed by atoms with van der Waals surface area (Å²) < 4.78 is 7.23. The van der Waals surface area contributed by atoms with Crippen LogP contribution in [0.5, 0.6) is 5.75 Å². The summed E-state index contributed by atoms with van der Waals surface area (Å²) in [6.45, 7) is 3.35. The van der Waals surface area contributed by atoms with Crippen LogP contribution in [0.1, 0.15) is 45.4 Å². The quantitative estimate of drug-likeness (QED) is 0.883. The van der Waals surface area contributed by atoms with E-state index in [1.165, 1.54) is 32.1 Å². The van der Waals surface area contributed by atoms with E-state index in [1.807, 2.05) is 12.3 Å². The molecule has 0 aliphatic heterocycles. The van der Waals surface area contributed by atoms with Gasteiger partial charge in [-0.25, -0.2) is 0 Å². The molecule has 2 fully saturated rings. The Morgan fingerprint density at radius 2 is 2.20 bits per heavy atom. The van der Waals surface area contributed by atoms with Gasteiger partial charge in [-0.3, -0.25) is 4.98 Å². The van der Waals surface area contributed by atoms with E-state index >= 15 is 0 Å². The van der Waals surface area contributed by atoms with Gasteiger partial charge in [-0.1, -0.05) is 19.8 Å². The standard InChI is InChI=1S/C16H23BrN2O/c1-2-7-19-14-9-15(16(14)5-3-4-6-16)20-13-8-12(17)10-18-11-13/h8,10-11,14-15,19H,2-7,9H2,1H3. The number of hydrogen-bond acceptors (Lipinski definition) is 3. The number of nitrogens with zero attached hydrogens (tertiary/aromatic N) is 1. The Morgan fingerprint density at radius 1 is 1.40 bits per heavy atom. The highest BCUT2D eigenvalue weighted by Crippen LogP contribution is 2.54. The van der Waals surface area contributed by atoms with Crippen LogP contribution < -0.4 is 10.1 Å².